The summed E-state index contributed by atoms with van der Waals surface area (Å²) >= 11 is 0. The fraction of sp³-hybridized carbons (Fsp3) is 0.316. The van der Waals surface area contributed by atoms with Gasteiger partial charge in [-0.25, -0.2) is 4.79 Å². The Kier molecular flexibility index (Phi) is 9.27. The lowest BCUT2D eigenvalue weighted by Gasteiger charge is -2.41. The van der Waals surface area contributed by atoms with Crippen LogP contribution >= 0.6 is 0 Å². The molecular weight excluding hydrogens is 644 g/mol. The van der Waals surface area contributed by atoms with E-state index in [-0.39, 0.29) is 60.6 Å². The van der Waals surface area contributed by atoms with Gasteiger partial charge in [-0.3, -0.25) is 4.79 Å². The second kappa shape index (κ2) is 14.1. The lowest BCUT2D eigenvalue weighted by Crippen LogP contribution is -2.51. The molecule has 0 unspecified atom stereocenters. The molecule has 2 aliphatic heterocycles. The Balaban J connectivity index is 1.22. The zero-order chi connectivity index (χ0) is 34.8. The molecule has 3 aliphatic rings. The standard InChI is InChI=1S/C38H38N2O10/c1-45-32-13-23(14-33(46-2)36(32)42)34-25-15-30-31(50-20-49-30)16-26(25)35(28-19-47-18-27(28)34)40-37(43)29(12-21-8-10-24(41)11-9-21)39-38(44)48-17-22-6-4-3-5-7-22/h3-11,13-16,27-29,34-35,41-42H,12,17-20H2,1-2H3,(H,39,44)(H,40,43)/t27-,28-,29-,34+,35+/m0/s1. The summed E-state index contributed by atoms with van der Waals surface area (Å²) in [5.41, 5.74) is 4.10. The number of phenolic OH excluding ortho intramolecular Hbond substituents is 2. The molecular formula is C38H38N2O10. The first kappa shape index (κ1) is 32.9. The van der Waals surface area contributed by atoms with E-state index in [1.165, 1.54) is 26.4 Å². The van der Waals surface area contributed by atoms with Crippen molar-refractivity contribution < 1.29 is 48.2 Å². The Hall–Kier alpha value is -5.62. The molecule has 50 heavy (non-hydrogen) atoms. The smallest absolute Gasteiger partial charge is 0.408 e. The van der Waals surface area contributed by atoms with Crippen LogP contribution in [0.25, 0.3) is 0 Å². The summed E-state index contributed by atoms with van der Waals surface area (Å²) in [7, 11) is 2.97. The van der Waals surface area contributed by atoms with Crippen LogP contribution in [0.2, 0.25) is 0 Å². The quantitative estimate of drug-likeness (QED) is 0.181. The van der Waals surface area contributed by atoms with Gasteiger partial charge >= 0.3 is 6.09 Å². The lowest BCUT2D eigenvalue weighted by atomic mass is 9.65. The van der Waals surface area contributed by atoms with Crippen LogP contribution in [-0.4, -0.2) is 62.5 Å². The second-order valence-electron chi connectivity index (χ2n) is 12.6. The van der Waals surface area contributed by atoms with Gasteiger partial charge in [-0.15, -0.1) is 0 Å². The van der Waals surface area contributed by atoms with Crippen molar-refractivity contribution in [3.8, 4) is 34.5 Å². The zero-order valence-corrected chi connectivity index (χ0v) is 27.6. The first-order valence-electron chi connectivity index (χ1n) is 16.3. The Morgan fingerprint density at radius 2 is 1.50 bits per heavy atom. The summed E-state index contributed by atoms with van der Waals surface area (Å²) in [5.74, 6) is 0.777. The van der Waals surface area contributed by atoms with E-state index >= 15 is 0 Å². The highest BCUT2D eigenvalue weighted by atomic mass is 16.7. The number of rotatable bonds is 10. The van der Waals surface area contributed by atoms with Gasteiger partial charge in [-0.1, -0.05) is 42.5 Å². The molecule has 0 bridgehead atoms. The van der Waals surface area contributed by atoms with E-state index in [0.29, 0.717) is 24.7 Å². The molecule has 260 valence electrons. The molecule has 12 nitrogen and oxygen atoms in total. The first-order valence-corrected chi connectivity index (χ1v) is 16.3. The van der Waals surface area contributed by atoms with Crippen molar-refractivity contribution in [2.75, 3.05) is 34.2 Å². The number of phenols is 2. The molecule has 12 heteroatoms. The molecule has 4 N–H and O–H groups in total. The van der Waals surface area contributed by atoms with Gasteiger partial charge in [0.05, 0.1) is 33.5 Å². The third-order valence-corrected chi connectivity index (χ3v) is 9.63. The summed E-state index contributed by atoms with van der Waals surface area (Å²) < 4.78 is 34.1. The summed E-state index contributed by atoms with van der Waals surface area (Å²) in [5, 5.41) is 26.5. The highest BCUT2D eigenvalue weighted by molar-refractivity contribution is 5.86. The minimum Gasteiger partial charge on any atom is -0.508 e. The predicted octanol–water partition coefficient (Wildman–Crippen LogP) is 4.95. The number of ether oxygens (including phenoxy) is 6. The van der Waals surface area contributed by atoms with Gasteiger partial charge in [0.25, 0.3) is 0 Å². The average molecular weight is 683 g/mol. The number of benzene rings is 4. The topological polar surface area (TPSA) is 154 Å². The van der Waals surface area contributed by atoms with Crippen LogP contribution in [-0.2, 0) is 27.3 Å². The molecule has 2 heterocycles. The normalized spacial score (nSPS) is 20.6. The second-order valence-corrected chi connectivity index (χ2v) is 12.6. The van der Waals surface area contributed by atoms with Crippen LogP contribution < -0.4 is 29.6 Å². The van der Waals surface area contributed by atoms with Gasteiger partial charge in [0.15, 0.2) is 23.0 Å². The minimum absolute atomic E-state index is 0.0404. The van der Waals surface area contributed by atoms with Crippen molar-refractivity contribution in [1.82, 2.24) is 10.6 Å². The van der Waals surface area contributed by atoms with E-state index < -0.39 is 24.1 Å². The van der Waals surface area contributed by atoms with E-state index in [0.717, 1.165) is 27.8 Å². The molecule has 4 aromatic rings. The number of carbonyl (C=O) groups is 2. The van der Waals surface area contributed by atoms with Crippen molar-refractivity contribution in [1.29, 1.82) is 0 Å². The molecule has 0 radical (unpaired) electrons. The molecule has 0 aromatic heterocycles. The highest BCUT2D eigenvalue weighted by Crippen LogP contribution is 2.55. The highest BCUT2D eigenvalue weighted by Gasteiger charge is 2.48. The van der Waals surface area contributed by atoms with Gasteiger partial charge in [0.2, 0.25) is 18.4 Å². The van der Waals surface area contributed by atoms with Crippen LogP contribution in [0.4, 0.5) is 4.79 Å². The fourth-order valence-corrected chi connectivity index (χ4v) is 7.19. The third kappa shape index (κ3) is 6.53. The zero-order valence-electron chi connectivity index (χ0n) is 27.6. The molecule has 2 amide bonds. The number of amides is 2. The van der Waals surface area contributed by atoms with Gasteiger partial charge in [-0.2, -0.15) is 0 Å². The van der Waals surface area contributed by atoms with Gasteiger partial charge < -0.3 is 49.3 Å². The van der Waals surface area contributed by atoms with Crippen molar-refractivity contribution in [2.24, 2.45) is 11.8 Å². The molecule has 4 aromatic carbocycles. The van der Waals surface area contributed by atoms with Crippen molar-refractivity contribution >= 4 is 12.0 Å². The summed E-state index contributed by atoms with van der Waals surface area (Å²) in [6, 6.07) is 21.6. The van der Waals surface area contributed by atoms with Crippen LogP contribution in [0.1, 0.15) is 39.8 Å². The molecule has 5 atom stereocenters. The Morgan fingerprint density at radius 3 is 2.18 bits per heavy atom. The van der Waals surface area contributed by atoms with E-state index in [1.54, 1.807) is 24.3 Å². The number of fused-ring (bicyclic) bond motifs is 3. The Labute approximate surface area is 288 Å². The number of methoxy groups -OCH3 is 2. The molecule has 7 rings (SSSR count). The number of carbonyl (C=O) groups excluding carboxylic acids is 2. The largest absolute Gasteiger partial charge is 0.508 e. The maximum absolute atomic E-state index is 14.3. The van der Waals surface area contributed by atoms with Gasteiger partial charge in [-0.05, 0) is 64.2 Å². The van der Waals surface area contributed by atoms with E-state index in [4.69, 9.17) is 28.4 Å². The molecule has 1 fully saturated rings. The lowest BCUT2D eigenvalue weighted by molar-refractivity contribution is -0.124. The molecule has 0 saturated carbocycles. The maximum atomic E-state index is 14.3. The number of alkyl carbamates (subject to hydrolysis) is 1. The summed E-state index contributed by atoms with van der Waals surface area (Å²) in [4.78, 5) is 27.4. The van der Waals surface area contributed by atoms with Crippen LogP contribution in [0.15, 0.2) is 78.9 Å². The van der Waals surface area contributed by atoms with Gasteiger partial charge in [0, 0.05) is 24.2 Å². The number of aromatic hydroxyl groups is 2. The van der Waals surface area contributed by atoms with Crippen LogP contribution in [0.5, 0.6) is 34.5 Å². The number of nitrogens with one attached hydrogen (secondary N) is 2. The fourth-order valence-electron chi connectivity index (χ4n) is 7.19. The maximum Gasteiger partial charge on any atom is 0.408 e. The minimum atomic E-state index is -1.01. The molecule has 1 aliphatic carbocycles. The van der Waals surface area contributed by atoms with Crippen molar-refractivity contribution in [2.45, 2.75) is 31.0 Å². The van der Waals surface area contributed by atoms with E-state index in [1.807, 2.05) is 42.5 Å². The number of hydrogen-bond donors (Lipinski definition) is 4. The third-order valence-electron chi connectivity index (χ3n) is 9.63. The van der Waals surface area contributed by atoms with Crippen LogP contribution in [0.3, 0.4) is 0 Å². The van der Waals surface area contributed by atoms with Crippen molar-refractivity contribution in [3.63, 3.8) is 0 Å². The first-order chi connectivity index (χ1) is 24.3. The van der Waals surface area contributed by atoms with E-state index in [9.17, 15) is 19.8 Å². The summed E-state index contributed by atoms with van der Waals surface area (Å²) in [6.45, 7) is 0.906. The average Bonchev–Trinajstić information content (AvgIpc) is 3.81. The monoisotopic (exact) mass is 682 g/mol. The van der Waals surface area contributed by atoms with Gasteiger partial charge in [0.1, 0.15) is 18.4 Å². The SMILES string of the molecule is COc1cc([C@@H]2c3cc4c(cc3[C@@H](NC(=O)[C@H](Cc3ccc(O)cc3)NC(=O)OCc3ccccc3)[C@H]3COC[C@H]23)OCO4)cc(OC)c1O. The van der Waals surface area contributed by atoms with E-state index in [2.05, 4.69) is 10.6 Å². The Morgan fingerprint density at radius 1 is 0.840 bits per heavy atom. The van der Waals surface area contributed by atoms with Crippen molar-refractivity contribution in [3.05, 3.63) is 107 Å². The molecule has 1 saturated heterocycles. The number of hydrogen-bond acceptors (Lipinski definition) is 10. The predicted molar refractivity (Wildman–Crippen MR) is 180 cm³/mol. The van der Waals surface area contributed by atoms with Crippen LogP contribution in [0, 0.1) is 11.8 Å². The molecule has 0 spiro atoms. The summed E-state index contributed by atoms with van der Waals surface area (Å²) in [6.07, 6.45) is -0.592. The Bertz CT molecular complexity index is 1840.